The number of carboxylic acid groups (broad SMARTS) is 1. The number of aliphatic carboxylic acids is 1. The molecule has 0 saturated heterocycles. The molecule has 4 aliphatic carbocycles. The summed E-state index contributed by atoms with van der Waals surface area (Å²) < 4.78 is 1.87. The van der Waals surface area contributed by atoms with Gasteiger partial charge in [-0.15, -0.1) is 0 Å². The molecule has 0 amide bonds. The highest BCUT2D eigenvalue weighted by Crippen LogP contribution is 2.60. The highest BCUT2D eigenvalue weighted by molar-refractivity contribution is 5.66. The first-order valence-corrected chi connectivity index (χ1v) is 7.38. The lowest BCUT2D eigenvalue weighted by atomic mass is 9.49. The molecule has 1 heterocycles. The third-order valence-corrected chi connectivity index (χ3v) is 5.53. The molecule has 102 valence electrons. The lowest BCUT2D eigenvalue weighted by Gasteiger charge is -2.56. The topological polar surface area (TPSA) is 55.1 Å². The lowest BCUT2D eigenvalue weighted by Crippen LogP contribution is -2.49. The fraction of sp³-hybridized carbons (Fsp3) is 0.733. The molecule has 1 N–H and O–H groups in total. The fourth-order valence-corrected chi connectivity index (χ4v) is 5.43. The standard InChI is InChI=1S/C15H20N2O2/c18-13(19)9-17-2-1-16-14(17)15-6-10-3-11(7-15)5-12(4-10)8-15/h1-2,10-12H,3-9H2,(H,18,19). The van der Waals surface area contributed by atoms with E-state index in [-0.39, 0.29) is 12.0 Å². The summed E-state index contributed by atoms with van der Waals surface area (Å²) in [4.78, 5) is 15.6. The molecule has 19 heavy (non-hydrogen) atoms. The average Bonchev–Trinajstić information content (AvgIpc) is 2.74. The van der Waals surface area contributed by atoms with Crippen molar-refractivity contribution in [3.63, 3.8) is 0 Å². The van der Waals surface area contributed by atoms with Crippen molar-refractivity contribution in [2.24, 2.45) is 17.8 Å². The van der Waals surface area contributed by atoms with Crippen LogP contribution in [0.25, 0.3) is 0 Å². The van der Waals surface area contributed by atoms with Gasteiger partial charge in [0.1, 0.15) is 12.4 Å². The Labute approximate surface area is 112 Å². The van der Waals surface area contributed by atoms with E-state index in [9.17, 15) is 4.79 Å². The molecular formula is C15H20N2O2. The van der Waals surface area contributed by atoms with E-state index < -0.39 is 5.97 Å². The zero-order valence-corrected chi connectivity index (χ0v) is 11.1. The molecule has 0 aliphatic heterocycles. The highest BCUT2D eigenvalue weighted by Gasteiger charge is 2.53. The van der Waals surface area contributed by atoms with Gasteiger partial charge in [0.2, 0.25) is 0 Å². The van der Waals surface area contributed by atoms with E-state index in [1.54, 1.807) is 6.20 Å². The first-order valence-electron chi connectivity index (χ1n) is 7.38. The molecule has 4 fully saturated rings. The lowest BCUT2D eigenvalue weighted by molar-refractivity contribution is -0.137. The Morgan fingerprint density at radius 2 is 1.84 bits per heavy atom. The van der Waals surface area contributed by atoms with E-state index >= 15 is 0 Å². The highest BCUT2D eigenvalue weighted by atomic mass is 16.4. The minimum absolute atomic E-state index is 0.0527. The van der Waals surface area contributed by atoms with Crippen LogP contribution < -0.4 is 0 Å². The van der Waals surface area contributed by atoms with Crippen molar-refractivity contribution < 1.29 is 9.90 Å². The van der Waals surface area contributed by atoms with Crippen LogP contribution in [-0.4, -0.2) is 20.6 Å². The van der Waals surface area contributed by atoms with Crippen molar-refractivity contribution in [3.05, 3.63) is 18.2 Å². The van der Waals surface area contributed by atoms with Gasteiger partial charge in [-0.1, -0.05) is 0 Å². The molecule has 0 unspecified atom stereocenters. The van der Waals surface area contributed by atoms with Crippen molar-refractivity contribution in [1.82, 2.24) is 9.55 Å². The van der Waals surface area contributed by atoms with E-state index in [1.165, 1.54) is 38.5 Å². The molecule has 0 radical (unpaired) electrons. The SMILES string of the molecule is O=C(O)Cn1ccnc1C12CC3CC(CC(C3)C1)C2. The van der Waals surface area contributed by atoms with Crippen molar-refractivity contribution in [3.8, 4) is 0 Å². The largest absolute Gasteiger partial charge is 0.480 e. The minimum Gasteiger partial charge on any atom is -0.480 e. The molecule has 0 atom stereocenters. The second-order valence-corrected chi connectivity index (χ2v) is 6.97. The summed E-state index contributed by atoms with van der Waals surface area (Å²) in [5.41, 5.74) is 0.188. The summed E-state index contributed by atoms with van der Waals surface area (Å²) in [6.07, 6.45) is 11.5. The number of hydrogen-bond acceptors (Lipinski definition) is 2. The summed E-state index contributed by atoms with van der Waals surface area (Å²) >= 11 is 0. The van der Waals surface area contributed by atoms with Crippen molar-refractivity contribution >= 4 is 5.97 Å². The van der Waals surface area contributed by atoms with Gasteiger partial charge in [-0.3, -0.25) is 4.79 Å². The Balaban J connectivity index is 1.72. The Bertz CT molecular complexity index is 485. The molecule has 0 aromatic carbocycles. The van der Waals surface area contributed by atoms with E-state index in [1.807, 2.05) is 10.8 Å². The predicted octanol–water partition coefficient (Wildman–Crippen LogP) is 2.44. The zero-order valence-electron chi connectivity index (χ0n) is 11.1. The molecule has 4 nitrogen and oxygen atoms in total. The van der Waals surface area contributed by atoms with Gasteiger partial charge in [-0.2, -0.15) is 0 Å². The van der Waals surface area contributed by atoms with Crippen LogP contribution in [0.4, 0.5) is 0 Å². The summed E-state index contributed by atoms with van der Waals surface area (Å²) in [7, 11) is 0. The number of hydrogen-bond donors (Lipinski definition) is 1. The maximum Gasteiger partial charge on any atom is 0.323 e. The minimum atomic E-state index is -0.774. The summed E-state index contributed by atoms with van der Waals surface area (Å²) in [6, 6.07) is 0. The molecule has 4 aliphatic rings. The number of rotatable bonds is 3. The average molecular weight is 260 g/mol. The van der Waals surface area contributed by atoms with Crippen LogP contribution >= 0.6 is 0 Å². The number of aromatic nitrogens is 2. The van der Waals surface area contributed by atoms with Crippen LogP contribution in [0.5, 0.6) is 0 Å². The van der Waals surface area contributed by atoms with Gasteiger partial charge in [0, 0.05) is 17.8 Å². The number of carbonyl (C=O) groups is 1. The van der Waals surface area contributed by atoms with Gasteiger partial charge in [0.25, 0.3) is 0 Å². The molecule has 4 bridgehead atoms. The van der Waals surface area contributed by atoms with Crippen molar-refractivity contribution in [2.45, 2.75) is 50.5 Å². The fourth-order valence-electron chi connectivity index (χ4n) is 5.43. The Kier molecular flexibility index (Phi) is 2.32. The molecule has 1 aromatic heterocycles. The van der Waals surface area contributed by atoms with Crippen LogP contribution in [0.1, 0.15) is 44.3 Å². The van der Waals surface area contributed by atoms with E-state index in [4.69, 9.17) is 5.11 Å². The smallest absolute Gasteiger partial charge is 0.323 e. The summed E-state index contributed by atoms with van der Waals surface area (Å²) in [5, 5.41) is 9.04. The second-order valence-electron chi connectivity index (χ2n) is 6.97. The molecule has 0 spiro atoms. The first kappa shape index (κ1) is 11.5. The van der Waals surface area contributed by atoms with Gasteiger partial charge in [-0.05, 0) is 56.3 Å². The van der Waals surface area contributed by atoms with Gasteiger partial charge in [-0.25, -0.2) is 4.98 Å². The second kappa shape index (κ2) is 3.84. The van der Waals surface area contributed by atoms with Crippen molar-refractivity contribution in [2.75, 3.05) is 0 Å². The Hall–Kier alpha value is -1.32. The van der Waals surface area contributed by atoms with Crippen molar-refractivity contribution in [1.29, 1.82) is 0 Å². The monoisotopic (exact) mass is 260 g/mol. The van der Waals surface area contributed by atoms with Crippen LogP contribution in [0.3, 0.4) is 0 Å². The number of carboxylic acids is 1. The van der Waals surface area contributed by atoms with Crippen LogP contribution in [-0.2, 0) is 16.8 Å². The van der Waals surface area contributed by atoms with Crippen LogP contribution in [0.2, 0.25) is 0 Å². The van der Waals surface area contributed by atoms with Gasteiger partial charge >= 0.3 is 5.97 Å². The summed E-state index contributed by atoms with van der Waals surface area (Å²) in [5.74, 6) is 2.86. The van der Waals surface area contributed by atoms with E-state index in [0.29, 0.717) is 0 Å². The molecule has 4 heteroatoms. The first-order chi connectivity index (χ1) is 9.14. The number of nitrogens with zero attached hydrogens (tertiary/aromatic N) is 2. The third-order valence-electron chi connectivity index (χ3n) is 5.53. The van der Waals surface area contributed by atoms with Gasteiger partial charge in [0.05, 0.1) is 0 Å². The molecule has 1 aromatic rings. The molecule has 4 saturated carbocycles. The molecular weight excluding hydrogens is 240 g/mol. The third kappa shape index (κ3) is 1.72. The maximum atomic E-state index is 11.0. The van der Waals surface area contributed by atoms with Crippen LogP contribution in [0.15, 0.2) is 12.4 Å². The Morgan fingerprint density at radius 3 is 2.37 bits per heavy atom. The zero-order chi connectivity index (χ0) is 13.0. The van der Waals surface area contributed by atoms with E-state index in [0.717, 1.165) is 23.6 Å². The van der Waals surface area contributed by atoms with Crippen LogP contribution in [0, 0.1) is 17.8 Å². The van der Waals surface area contributed by atoms with Gasteiger partial charge < -0.3 is 9.67 Å². The molecule has 5 rings (SSSR count). The maximum absolute atomic E-state index is 11.0. The summed E-state index contributed by atoms with van der Waals surface area (Å²) in [6.45, 7) is 0.0527. The Morgan fingerprint density at radius 1 is 1.26 bits per heavy atom. The predicted molar refractivity (Wildman–Crippen MR) is 69.7 cm³/mol. The normalized spacial score (nSPS) is 39.7. The van der Waals surface area contributed by atoms with E-state index in [2.05, 4.69) is 4.98 Å². The number of imidazole rings is 1. The van der Waals surface area contributed by atoms with Gasteiger partial charge in [0.15, 0.2) is 0 Å². The quantitative estimate of drug-likeness (QED) is 0.908.